The topological polar surface area (TPSA) is 40.5 Å². The van der Waals surface area contributed by atoms with E-state index in [2.05, 4.69) is 32.1 Å². The van der Waals surface area contributed by atoms with Gasteiger partial charge in [0.05, 0.1) is 12.2 Å². The van der Waals surface area contributed by atoms with Crippen LogP contribution >= 0.6 is 0 Å². The zero-order valence-electron chi connectivity index (χ0n) is 14.7. The Morgan fingerprint density at radius 2 is 1.91 bits per heavy atom. The molecule has 4 aliphatic rings. The van der Waals surface area contributed by atoms with E-state index >= 15 is 0 Å². The molecule has 0 aliphatic heterocycles. The van der Waals surface area contributed by atoms with Crippen molar-refractivity contribution in [3.63, 3.8) is 0 Å². The molecule has 128 valence electrons. The van der Waals surface area contributed by atoms with Crippen molar-refractivity contribution in [2.75, 3.05) is 0 Å². The van der Waals surface area contributed by atoms with Gasteiger partial charge in [-0.15, -0.1) is 0 Å². The van der Waals surface area contributed by atoms with Crippen LogP contribution in [0.3, 0.4) is 0 Å². The van der Waals surface area contributed by atoms with Crippen molar-refractivity contribution in [1.82, 2.24) is 0 Å². The summed E-state index contributed by atoms with van der Waals surface area (Å²) < 4.78 is 0. The summed E-state index contributed by atoms with van der Waals surface area (Å²) in [4.78, 5) is 0. The molecule has 2 nitrogen and oxygen atoms in total. The maximum Gasteiger partial charge on any atom is 0.0596 e. The van der Waals surface area contributed by atoms with Gasteiger partial charge in [0.25, 0.3) is 0 Å². The third-order valence-corrected chi connectivity index (χ3v) is 8.09. The molecule has 0 spiro atoms. The van der Waals surface area contributed by atoms with Crippen molar-refractivity contribution in [2.45, 2.75) is 77.4 Å². The Kier molecular flexibility index (Phi) is 3.77. The lowest BCUT2D eigenvalue weighted by Crippen LogP contribution is -2.51. The quantitative estimate of drug-likeness (QED) is 0.711. The molecule has 3 unspecified atom stereocenters. The van der Waals surface area contributed by atoms with Crippen LogP contribution in [0.4, 0.5) is 0 Å². The highest BCUT2D eigenvalue weighted by Gasteiger charge is 2.58. The van der Waals surface area contributed by atoms with Crippen LogP contribution < -0.4 is 0 Å². The molecule has 0 aromatic heterocycles. The summed E-state index contributed by atoms with van der Waals surface area (Å²) in [6.45, 7) is 4.49. The highest BCUT2D eigenvalue weighted by atomic mass is 16.3. The summed E-state index contributed by atoms with van der Waals surface area (Å²) in [5, 5.41) is 20.7. The molecule has 7 atom stereocenters. The van der Waals surface area contributed by atoms with Crippen molar-refractivity contribution >= 4 is 0 Å². The van der Waals surface area contributed by atoms with Gasteiger partial charge in [0.2, 0.25) is 0 Å². The van der Waals surface area contributed by atoms with Crippen LogP contribution in [0, 0.1) is 28.6 Å². The molecule has 3 fully saturated rings. The Balaban J connectivity index is 1.73. The van der Waals surface area contributed by atoms with E-state index in [-0.39, 0.29) is 23.0 Å². The Hall–Kier alpha value is -0.600. The SMILES string of the molecule is C/C=C/[C@]12CC[C@H](O)CC1=CCC1C2CC[C@@]2(C)C1CC[C@@H]2O. The number of hydrogen-bond donors (Lipinski definition) is 2. The highest BCUT2D eigenvalue weighted by molar-refractivity contribution is 5.31. The summed E-state index contributed by atoms with van der Waals surface area (Å²) in [7, 11) is 0. The number of allylic oxidation sites excluding steroid dienone is 3. The van der Waals surface area contributed by atoms with Crippen LogP contribution in [-0.4, -0.2) is 22.4 Å². The molecule has 3 saturated carbocycles. The molecule has 0 saturated heterocycles. The van der Waals surface area contributed by atoms with Crippen molar-refractivity contribution in [2.24, 2.45) is 28.6 Å². The Bertz CT molecular complexity index is 536. The predicted molar refractivity (Wildman–Crippen MR) is 92.9 cm³/mol. The number of aliphatic hydroxyl groups excluding tert-OH is 2. The third kappa shape index (κ3) is 2.14. The maximum absolute atomic E-state index is 10.5. The van der Waals surface area contributed by atoms with Crippen LogP contribution in [0.1, 0.15) is 65.2 Å². The first kappa shape index (κ1) is 15.9. The molecule has 0 radical (unpaired) electrons. The Morgan fingerprint density at radius 3 is 2.70 bits per heavy atom. The van der Waals surface area contributed by atoms with E-state index in [1.54, 1.807) is 0 Å². The second kappa shape index (κ2) is 5.46. The monoisotopic (exact) mass is 316 g/mol. The fourth-order valence-corrected chi connectivity index (χ4v) is 6.93. The van der Waals surface area contributed by atoms with Gasteiger partial charge in [-0.2, -0.15) is 0 Å². The lowest BCUT2D eigenvalue weighted by molar-refractivity contribution is -0.0643. The van der Waals surface area contributed by atoms with E-state index in [4.69, 9.17) is 0 Å². The predicted octanol–water partition coefficient (Wildman–Crippen LogP) is 4.23. The first-order chi connectivity index (χ1) is 11.0. The summed E-state index contributed by atoms with van der Waals surface area (Å²) >= 11 is 0. The highest BCUT2D eigenvalue weighted by Crippen LogP contribution is 2.65. The zero-order valence-corrected chi connectivity index (χ0v) is 14.7. The summed E-state index contributed by atoms with van der Waals surface area (Å²) in [5.74, 6) is 2.12. The molecular weight excluding hydrogens is 284 g/mol. The Labute approximate surface area is 140 Å². The average Bonchev–Trinajstić information content (AvgIpc) is 2.84. The molecule has 0 amide bonds. The van der Waals surface area contributed by atoms with Crippen LogP contribution in [0.5, 0.6) is 0 Å². The van der Waals surface area contributed by atoms with E-state index in [1.807, 2.05) is 0 Å². The van der Waals surface area contributed by atoms with Gasteiger partial charge in [0.1, 0.15) is 0 Å². The molecule has 4 rings (SSSR count). The third-order valence-electron chi connectivity index (χ3n) is 8.09. The van der Waals surface area contributed by atoms with Gasteiger partial charge in [-0.25, -0.2) is 0 Å². The maximum atomic E-state index is 10.5. The average molecular weight is 316 g/mol. The van der Waals surface area contributed by atoms with E-state index in [9.17, 15) is 10.2 Å². The standard InChI is InChI=1S/C21H32O2/c1-3-10-21-12-8-15(22)13-14(21)4-5-16-17-6-7-19(23)20(17,2)11-9-18(16)21/h3-4,10,15-19,22-23H,5-9,11-13H2,1-2H3/b10-3+/t15-,16?,17?,18?,19-,20-,21-/m0/s1. The van der Waals surface area contributed by atoms with E-state index in [1.165, 1.54) is 31.3 Å². The molecule has 0 aromatic carbocycles. The first-order valence-corrected chi connectivity index (χ1v) is 9.71. The minimum absolute atomic E-state index is 0.0929. The van der Waals surface area contributed by atoms with Crippen molar-refractivity contribution in [3.8, 4) is 0 Å². The second-order valence-corrected chi connectivity index (χ2v) is 8.92. The van der Waals surface area contributed by atoms with Gasteiger partial charge in [-0.05, 0) is 81.5 Å². The minimum atomic E-state index is -0.140. The van der Waals surface area contributed by atoms with Crippen LogP contribution in [0.25, 0.3) is 0 Å². The molecule has 0 aromatic rings. The Morgan fingerprint density at radius 1 is 1.09 bits per heavy atom. The number of fused-ring (bicyclic) bond motifs is 5. The molecule has 0 heterocycles. The van der Waals surface area contributed by atoms with Gasteiger partial charge in [-0.1, -0.05) is 30.7 Å². The summed E-state index contributed by atoms with van der Waals surface area (Å²) in [5.41, 5.74) is 1.86. The van der Waals surface area contributed by atoms with Gasteiger partial charge in [-0.3, -0.25) is 0 Å². The van der Waals surface area contributed by atoms with E-state index < -0.39 is 0 Å². The molecule has 2 N–H and O–H groups in total. The first-order valence-electron chi connectivity index (χ1n) is 9.71. The van der Waals surface area contributed by atoms with Gasteiger partial charge >= 0.3 is 0 Å². The van der Waals surface area contributed by atoms with Crippen LogP contribution in [0.2, 0.25) is 0 Å². The van der Waals surface area contributed by atoms with Crippen molar-refractivity contribution in [3.05, 3.63) is 23.8 Å². The normalized spacial score (nSPS) is 52.7. The summed E-state index contributed by atoms with van der Waals surface area (Å²) in [6, 6.07) is 0. The summed E-state index contributed by atoms with van der Waals surface area (Å²) in [6.07, 6.45) is 15.7. The van der Waals surface area contributed by atoms with Crippen molar-refractivity contribution in [1.29, 1.82) is 0 Å². The minimum Gasteiger partial charge on any atom is -0.393 e. The van der Waals surface area contributed by atoms with Gasteiger partial charge < -0.3 is 10.2 Å². The molecular formula is C21H32O2. The number of aliphatic hydroxyl groups is 2. The number of hydrogen-bond acceptors (Lipinski definition) is 2. The van der Waals surface area contributed by atoms with Gasteiger partial charge in [0.15, 0.2) is 0 Å². The molecule has 0 bridgehead atoms. The lowest BCUT2D eigenvalue weighted by Gasteiger charge is -2.57. The molecule has 23 heavy (non-hydrogen) atoms. The zero-order chi connectivity index (χ0) is 16.2. The second-order valence-electron chi connectivity index (χ2n) is 8.92. The smallest absolute Gasteiger partial charge is 0.0596 e. The fraction of sp³-hybridized carbons (Fsp3) is 0.810. The van der Waals surface area contributed by atoms with Crippen molar-refractivity contribution < 1.29 is 10.2 Å². The lowest BCUT2D eigenvalue weighted by atomic mass is 9.47. The van der Waals surface area contributed by atoms with Crippen LogP contribution in [0.15, 0.2) is 23.8 Å². The molecule has 4 aliphatic carbocycles. The van der Waals surface area contributed by atoms with Crippen LogP contribution in [-0.2, 0) is 0 Å². The van der Waals surface area contributed by atoms with E-state index in [0.29, 0.717) is 5.92 Å². The number of rotatable bonds is 1. The molecule has 2 heteroatoms. The van der Waals surface area contributed by atoms with E-state index in [0.717, 1.165) is 37.5 Å². The largest absolute Gasteiger partial charge is 0.393 e. The van der Waals surface area contributed by atoms with Gasteiger partial charge in [0, 0.05) is 5.41 Å². The fourth-order valence-electron chi connectivity index (χ4n) is 6.93.